The maximum absolute atomic E-state index is 10.5. The smallest absolute Gasteiger partial charge is 0.407 e. The van der Waals surface area contributed by atoms with Gasteiger partial charge in [0, 0.05) is 13.1 Å². The average Bonchev–Trinajstić information content (AvgIpc) is 1.94. The predicted molar refractivity (Wildman–Crippen MR) is 42.5 cm³/mol. The van der Waals surface area contributed by atoms with Gasteiger partial charge in [-0.15, -0.1) is 0 Å². The number of rotatable bonds is 0. The van der Waals surface area contributed by atoms with E-state index in [-0.39, 0.29) is 0 Å². The van der Waals surface area contributed by atoms with E-state index in [1.54, 1.807) is 0 Å². The van der Waals surface area contributed by atoms with Crippen LogP contribution in [0.1, 0.15) is 13.3 Å². The zero-order valence-electron chi connectivity index (χ0n) is 6.71. The Bertz CT molecular complexity index is 189. The van der Waals surface area contributed by atoms with Crippen LogP contribution in [-0.2, 0) is 0 Å². The highest BCUT2D eigenvalue weighted by molar-refractivity contribution is 5.65. The van der Waals surface area contributed by atoms with E-state index in [4.69, 9.17) is 5.11 Å². The summed E-state index contributed by atoms with van der Waals surface area (Å²) in [6, 6.07) is 0. The first kappa shape index (κ1) is 8.11. The van der Waals surface area contributed by atoms with Crippen LogP contribution in [0.25, 0.3) is 0 Å². The number of hydrogen-bond acceptors (Lipinski definition) is 1. The summed E-state index contributed by atoms with van der Waals surface area (Å²) in [6.07, 6.45) is -0.00245. The molecule has 0 aromatic carbocycles. The van der Waals surface area contributed by atoms with Gasteiger partial charge in [-0.25, -0.2) is 4.79 Å². The van der Waals surface area contributed by atoms with Crippen molar-refractivity contribution < 1.29 is 9.90 Å². The SMILES string of the molecule is C=C1CCN(C(=O)O)CC1C. The van der Waals surface area contributed by atoms with Crippen molar-refractivity contribution >= 4 is 6.09 Å². The molecule has 1 atom stereocenters. The van der Waals surface area contributed by atoms with E-state index >= 15 is 0 Å². The lowest BCUT2D eigenvalue weighted by Crippen LogP contribution is -2.38. The second-order valence-corrected chi connectivity index (χ2v) is 3.04. The third kappa shape index (κ3) is 1.73. The fourth-order valence-corrected chi connectivity index (χ4v) is 1.25. The lowest BCUT2D eigenvalue weighted by molar-refractivity contribution is 0.134. The second kappa shape index (κ2) is 2.95. The fraction of sp³-hybridized carbons (Fsp3) is 0.625. The number of likely N-dealkylation sites (tertiary alicyclic amines) is 1. The molecule has 1 fully saturated rings. The summed E-state index contributed by atoms with van der Waals surface area (Å²) in [7, 11) is 0. The van der Waals surface area contributed by atoms with Crippen molar-refractivity contribution in [1.29, 1.82) is 0 Å². The van der Waals surface area contributed by atoms with Crippen molar-refractivity contribution in [2.24, 2.45) is 5.92 Å². The molecule has 62 valence electrons. The van der Waals surface area contributed by atoms with E-state index in [2.05, 4.69) is 6.58 Å². The molecule has 0 spiro atoms. The van der Waals surface area contributed by atoms with Gasteiger partial charge in [-0.3, -0.25) is 0 Å². The molecule has 1 amide bonds. The lowest BCUT2D eigenvalue weighted by atomic mass is 9.95. The number of carbonyl (C=O) groups is 1. The highest BCUT2D eigenvalue weighted by atomic mass is 16.4. The minimum Gasteiger partial charge on any atom is -0.465 e. The first-order chi connectivity index (χ1) is 5.11. The van der Waals surface area contributed by atoms with Gasteiger partial charge in [0.25, 0.3) is 0 Å². The molecule has 1 aliphatic rings. The maximum atomic E-state index is 10.5. The van der Waals surface area contributed by atoms with Crippen LogP contribution in [0, 0.1) is 5.92 Å². The molecular formula is C8H13NO2. The molecule has 1 unspecified atom stereocenters. The van der Waals surface area contributed by atoms with Crippen molar-refractivity contribution in [3.8, 4) is 0 Å². The largest absolute Gasteiger partial charge is 0.465 e. The predicted octanol–water partition coefficient (Wildman–Crippen LogP) is 1.56. The average molecular weight is 155 g/mol. The summed E-state index contributed by atoms with van der Waals surface area (Å²) >= 11 is 0. The van der Waals surface area contributed by atoms with E-state index in [9.17, 15) is 4.79 Å². The van der Waals surface area contributed by atoms with E-state index in [1.165, 1.54) is 10.5 Å². The normalized spacial score (nSPS) is 25.4. The van der Waals surface area contributed by atoms with Crippen LogP contribution in [0.5, 0.6) is 0 Å². The van der Waals surface area contributed by atoms with Gasteiger partial charge in [-0.05, 0) is 12.3 Å². The molecule has 3 heteroatoms. The van der Waals surface area contributed by atoms with E-state index in [1.807, 2.05) is 6.92 Å². The standard InChI is InChI=1S/C8H13NO2/c1-6-3-4-9(8(10)11)5-7(6)2/h7H,1,3-5H2,2H3,(H,10,11). The first-order valence-electron chi connectivity index (χ1n) is 3.77. The van der Waals surface area contributed by atoms with Crippen molar-refractivity contribution in [2.75, 3.05) is 13.1 Å². The third-order valence-corrected chi connectivity index (χ3v) is 2.16. The Morgan fingerprint density at radius 2 is 2.45 bits per heavy atom. The molecule has 1 heterocycles. The molecule has 0 aromatic rings. The molecule has 1 rings (SSSR count). The third-order valence-electron chi connectivity index (χ3n) is 2.16. The van der Waals surface area contributed by atoms with Crippen LogP contribution in [0.3, 0.4) is 0 Å². The van der Waals surface area contributed by atoms with Crippen LogP contribution in [0.4, 0.5) is 4.79 Å². The van der Waals surface area contributed by atoms with E-state index in [0.29, 0.717) is 19.0 Å². The van der Waals surface area contributed by atoms with E-state index in [0.717, 1.165) is 6.42 Å². The van der Waals surface area contributed by atoms with Gasteiger partial charge in [0.1, 0.15) is 0 Å². The molecule has 3 nitrogen and oxygen atoms in total. The summed E-state index contributed by atoms with van der Waals surface area (Å²) < 4.78 is 0. The number of carboxylic acid groups (broad SMARTS) is 1. The molecule has 0 bridgehead atoms. The van der Waals surface area contributed by atoms with Crippen LogP contribution in [0.15, 0.2) is 12.2 Å². The minimum atomic E-state index is -0.815. The molecule has 1 N–H and O–H groups in total. The number of hydrogen-bond donors (Lipinski definition) is 1. The highest BCUT2D eigenvalue weighted by Gasteiger charge is 2.22. The number of nitrogens with zero attached hydrogens (tertiary/aromatic N) is 1. The topological polar surface area (TPSA) is 40.5 Å². The Kier molecular flexibility index (Phi) is 2.17. The monoisotopic (exact) mass is 155 g/mol. The zero-order chi connectivity index (χ0) is 8.43. The van der Waals surface area contributed by atoms with Crippen LogP contribution in [-0.4, -0.2) is 29.2 Å². The molecule has 1 aliphatic heterocycles. The number of amides is 1. The number of piperidine rings is 1. The Labute approximate surface area is 66.3 Å². The Balaban J connectivity index is 2.52. The van der Waals surface area contributed by atoms with Gasteiger partial charge in [-0.2, -0.15) is 0 Å². The summed E-state index contributed by atoms with van der Waals surface area (Å²) in [5, 5.41) is 8.64. The van der Waals surface area contributed by atoms with Crippen molar-refractivity contribution in [3.05, 3.63) is 12.2 Å². The summed E-state index contributed by atoms with van der Waals surface area (Å²) in [5.74, 6) is 0.319. The van der Waals surface area contributed by atoms with Crippen LogP contribution < -0.4 is 0 Å². The summed E-state index contributed by atoms with van der Waals surface area (Å²) in [4.78, 5) is 11.9. The highest BCUT2D eigenvalue weighted by Crippen LogP contribution is 2.19. The molecular weight excluding hydrogens is 142 g/mol. The summed E-state index contributed by atoms with van der Waals surface area (Å²) in [5.41, 5.74) is 1.17. The Morgan fingerprint density at radius 3 is 2.91 bits per heavy atom. The van der Waals surface area contributed by atoms with Gasteiger partial charge in [-0.1, -0.05) is 19.1 Å². The summed E-state index contributed by atoms with van der Waals surface area (Å²) in [6.45, 7) is 7.10. The van der Waals surface area contributed by atoms with Crippen LogP contribution in [0.2, 0.25) is 0 Å². The quantitative estimate of drug-likeness (QED) is 0.539. The second-order valence-electron chi connectivity index (χ2n) is 3.04. The van der Waals surface area contributed by atoms with Crippen molar-refractivity contribution in [1.82, 2.24) is 4.90 Å². The molecule has 11 heavy (non-hydrogen) atoms. The van der Waals surface area contributed by atoms with Gasteiger partial charge in [0.2, 0.25) is 0 Å². The maximum Gasteiger partial charge on any atom is 0.407 e. The van der Waals surface area contributed by atoms with Crippen molar-refractivity contribution in [3.63, 3.8) is 0 Å². The van der Waals surface area contributed by atoms with Gasteiger partial charge in [0.15, 0.2) is 0 Å². The van der Waals surface area contributed by atoms with Gasteiger partial charge in [0.05, 0.1) is 0 Å². The molecule has 0 saturated carbocycles. The lowest BCUT2D eigenvalue weighted by Gasteiger charge is -2.30. The Hall–Kier alpha value is -0.990. The van der Waals surface area contributed by atoms with Crippen LogP contribution >= 0.6 is 0 Å². The molecule has 0 radical (unpaired) electrons. The van der Waals surface area contributed by atoms with Crippen molar-refractivity contribution in [2.45, 2.75) is 13.3 Å². The minimum absolute atomic E-state index is 0.319. The first-order valence-corrected chi connectivity index (χ1v) is 3.77. The van der Waals surface area contributed by atoms with Gasteiger partial charge >= 0.3 is 6.09 Å². The fourth-order valence-electron chi connectivity index (χ4n) is 1.25. The Morgan fingerprint density at radius 1 is 1.82 bits per heavy atom. The molecule has 1 saturated heterocycles. The van der Waals surface area contributed by atoms with E-state index < -0.39 is 6.09 Å². The zero-order valence-corrected chi connectivity index (χ0v) is 6.71. The molecule has 0 aliphatic carbocycles. The van der Waals surface area contributed by atoms with Gasteiger partial charge < -0.3 is 10.0 Å². The molecule has 0 aromatic heterocycles.